The molecule has 0 aliphatic rings. The van der Waals surface area contributed by atoms with Gasteiger partial charge < -0.3 is 16.2 Å². The third kappa shape index (κ3) is 4.30. The summed E-state index contributed by atoms with van der Waals surface area (Å²) < 4.78 is 1.03. The monoisotopic (exact) mass is 286 g/mol. The standard InChI is InChI=1S/C11H15BrN2O2/c12-9-3-1-8(2-4-9)5-6-14-11(16)10(15)7-13/h1-4,10,15H,5-7,13H2,(H,14,16). The van der Waals surface area contributed by atoms with Crippen molar-refractivity contribution in [1.29, 1.82) is 0 Å². The van der Waals surface area contributed by atoms with Crippen molar-refractivity contribution < 1.29 is 9.90 Å². The highest BCUT2D eigenvalue weighted by molar-refractivity contribution is 9.10. The zero-order valence-corrected chi connectivity index (χ0v) is 10.4. The van der Waals surface area contributed by atoms with Crippen LogP contribution in [0.5, 0.6) is 0 Å². The maximum absolute atomic E-state index is 11.2. The van der Waals surface area contributed by atoms with Crippen molar-refractivity contribution >= 4 is 21.8 Å². The van der Waals surface area contributed by atoms with Crippen molar-refractivity contribution in [3.63, 3.8) is 0 Å². The Bertz CT molecular complexity index is 340. The quantitative estimate of drug-likeness (QED) is 0.735. The Labute approximate surface area is 103 Å². The van der Waals surface area contributed by atoms with Crippen LogP contribution in [0.3, 0.4) is 0 Å². The second-order valence-electron chi connectivity index (χ2n) is 3.42. The van der Waals surface area contributed by atoms with Crippen molar-refractivity contribution in [2.45, 2.75) is 12.5 Å². The number of benzene rings is 1. The summed E-state index contributed by atoms with van der Waals surface area (Å²) in [4.78, 5) is 11.2. The summed E-state index contributed by atoms with van der Waals surface area (Å²) in [6.45, 7) is 0.446. The molecule has 1 rings (SSSR count). The minimum absolute atomic E-state index is 0.0515. The predicted molar refractivity (Wildman–Crippen MR) is 65.9 cm³/mol. The first kappa shape index (κ1) is 13.2. The molecule has 1 unspecified atom stereocenters. The van der Waals surface area contributed by atoms with Crippen LogP contribution in [0.15, 0.2) is 28.7 Å². The van der Waals surface area contributed by atoms with Gasteiger partial charge in [0.25, 0.3) is 0 Å². The van der Waals surface area contributed by atoms with Crippen LogP contribution in [0.2, 0.25) is 0 Å². The van der Waals surface area contributed by atoms with Gasteiger partial charge >= 0.3 is 0 Å². The maximum atomic E-state index is 11.2. The summed E-state index contributed by atoms with van der Waals surface area (Å²) in [7, 11) is 0. The summed E-state index contributed by atoms with van der Waals surface area (Å²) in [5.74, 6) is -0.417. The van der Waals surface area contributed by atoms with Crippen LogP contribution in [0.1, 0.15) is 5.56 Å². The number of aliphatic hydroxyl groups is 1. The first-order valence-corrected chi connectivity index (χ1v) is 5.83. The first-order valence-electron chi connectivity index (χ1n) is 5.03. The van der Waals surface area contributed by atoms with Crippen LogP contribution in [0.25, 0.3) is 0 Å². The molecule has 1 aromatic carbocycles. The lowest BCUT2D eigenvalue weighted by atomic mass is 10.1. The lowest BCUT2D eigenvalue weighted by Crippen LogP contribution is -2.39. The van der Waals surface area contributed by atoms with Gasteiger partial charge in [-0.05, 0) is 24.1 Å². The molecule has 1 atom stereocenters. The third-order valence-corrected chi connectivity index (χ3v) is 2.68. The molecule has 5 heteroatoms. The Hall–Kier alpha value is -0.910. The van der Waals surface area contributed by atoms with Gasteiger partial charge in [-0.25, -0.2) is 0 Å². The average molecular weight is 287 g/mol. The van der Waals surface area contributed by atoms with Gasteiger partial charge in [-0.3, -0.25) is 4.79 Å². The van der Waals surface area contributed by atoms with Gasteiger partial charge in [-0.1, -0.05) is 28.1 Å². The van der Waals surface area contributed by atoms with Crippen LogP contribution in [0.4, 0.5) is 0 Å². The molecule has 0 aliphatic carbocycles. The van der Waals surface area contributed by atoms with E-state index < -0.39 is 12.0 Å². The van der Waals surface area contributed by atoms with E-state index in [1.807, 2.05) is 24.3 Å². The summed E-state index contributed by atoms with van der Waals surface area (Å²) in [5.41, 5.74) is 6.29. The average Bonchev–Trinajstić information content (AvgIpc) is 2.30. The summed E-state index contributed by atoms with van der Waals surface area (Å²) in [5, 5.41) is 11.7. The summed E-state index contributed by atoms with van der Waals surface area (Å²) in [6, 6.07) is 7.86. The number of nitrogens with one attached hydrogen (secondary N) is 1. The van der Waals surface area contributed by atoms with Gasteiger partial charge in [0.05, 0.1) is 0 Å². The molecule has 88 valence electrons. The van der Waals surface area contributed by atoms with Gasteiger partial charge in [-0.2, -0.15) is 0 Å². The molecule has 0 fully saturated rings. The largest absolute Gasteiger partial charge is 0.382 e. The number of halogens is 1. The van der Waals surface area contributed by atoms with E-state index >= 15 is 0 Å². The molecule has 0 aliphatic heterocycles. The van der Waals surface area contributed by atoms with E-state index in [2.05, 4.69) is 21.2 Å². The zero-order chi connectivity index (χ0) is 12.0. The van der Waals surface area contributed by atoms with Crippen LogP contribution in [-0.4, -0.2) is 30.2 Å². The van der Waals surface area contributed by atoms with E-state index in [0.717, 1.165) is 16.5 Å². The first-order chi connectivity index (χ1) is 7.63. The number of hydrogen-bond acceptors (Lipinski definition) is 3. The molecule has 4 nitrogen and oxygen atoms in total. The fourth-order valence-corrected chi connectivity index (χ4v) is 1.47. The number of carbonyl (C=O) groups excluding carboxylic acids is 1. The molecule has 1 aromatic rings. The molecule has 4 N–H and O–H groups in total. The van der Waals surface area contributed by atoms with Crippen molar-refractivity contribution in [3.8, 4) is 0 Å². The number of amides is 1. The highest BCUT2D eigenvalue weighted by atomic mass is 79.9. The predicted octanol–water partition coefficient (Wildman–Crippen LogP) is 0.427. The lowest BCUT2D eigenvalue weighted by Gasteiger charge is -2.08. The Morgan fingerprint density at radius 2 is 2.06 bits per heavy atom. The van der Waals surface area contributed by atoms with Gasteiger partial charge in [0.2, 0.25) is 5.91 Å². The van der Waals surface area contributed by atoms with E-state index in [1.165, 1.54) is 0 Å². The summed E-state index contributed by atoms with van der Waals surface area (Å²) in [6.07, 6.45) is -0.374. The maximum Gasteiger partial charge on any atom is 0.250 e. The molecular weight excluding hydrogens is 272 g/mol. The molecule has 0 spiro atoms. The van der Waals surface area contributed by atoms with Crippen LogP contribution in [-0.2, 0) is 11.2 Å². The number of rotatable bonds is 5. The molecule has 0 radical (unpaired) electrons. The Morgan fingerprint density at radius 3 is 2.62 bits per heavy atom. The number of nitrogens with two attached hydrogens (primary N) is 1. The topological polar surface area (TPSA) is 75.3 Å². The minimum atomic E-state index is -1.11. The van der Waals surface area contributed by atoms with Crippen molar-refractivity contribution in [2.75, 3.05) is 13.1 Å². The highest BCUT2D eigenvalue weighted by Crippen LogP contribution is 2.10. The number of aliphatic hydroxyl groups excluding tert-OH is 1. The van der Waals surface area contributed by atoms with Crippen molar-refractivity contribution in [3.05, 3.63) is 34.3 Å². The molecule has 0 bridgehead atoms. The molecule has 0 aromatic heterocycles. The molecular formula is C11H15BrN2O2. The van der Waals surface area contributed by atoms with E-state index in [1.54, 1.807) is 0 Å². The third-order valence-electron chi connectivity index (χ3n) is 2.15. The lowest BCUT2D eigenvalue weighted by molar-refractivity contribution is -0.128. The fraction of sp³-hybridized carbons (Fsp3) is 0.364. The van der Waals surface area contributed by atoms with E-state index in [-0.39, 0.29) is 6.54 Å². The smallest absolute Gasteiger partial charge is 0.250 e. The SMILES string of the molecule is NCC(O)C(=O)NCCc1ccc(Br)cc1. The van der Waals surface area contributed by atoms with E-state index in [0.29, 0.717) is 6.54 Å². The van der Waals surface area contributed by atoms with Crippen molar-refractivity contribution in [2.24, 2.45) is 5.73 Å². The number of carbonyl (C=O) groups is 1. The van der Waals surface area contributed by atoms with Gasteiger partial charge in [-0.15, -0.1) is 0 Å². The van der Waals surface area contributed by atoms with E-state index in [9.17, 15) is 4.79 Å². The zero-order valence-electron chi connectivity index (χ0n) is 8.82. The van der Waals surface area contributed by atoms with Crippen LogP contribution >= 0.6 is 15.9 Å². The minimum Gasteiger partial charge on any atom is -0.382 e. The fourth-order valence-electron chi connectivity index (χ4n) is 1.21. The second kappa shape index (κ2) is 6.62. The highest BCUT2D eigenvalue weighted by Gasteiger charge is 2.11. The Morgan fingerprint density at radius 1 is 1.44 bits per heavy atom. The molecule has 16 heavy (non-hydrogen) atoms. The Kier molecular flexibility index (Phi) is 5.45. The van der Waals surface area contributed by atoms with Crippen molar-refractivity contribution in [1.82, 2.24) is 5.32 Å². The van der Waals surface area contributed by atoms with Gasteiger partial charge in [0, 0.05) is 17.6 Å². The van der Waals surface area contributed by atoms with Gasteiger partial charge in [0.15, 0.2) is 0 Å². The van der Waals surface area contributed by atoms with Gasteiger partial charge in [0.1, 0.15) is 6.10 Å². The number of hydrogen-bond donors (Lipinski definition) is 3. The second-order valence-corrected chi connectivity index (χ2v) is 4.33. The summed E-state index contributed by atoms with van der Waals surface area (Å²) >= 11 is 3.35. The molecule has 1 amide bonds. The van der Waals surface area contributed by atoms with Crippen LogP contribution in [0, 0.1) is 0 Å². The normalized spacial score (nSPS) is 12.2. The van der Waals surface area contributed by atoms with E-state index in [4.69, 9.17) is 10.8 Å². The van der Waals surface area contributed by atoms with Crippen LogP contribution < -0.4 is 11.1 Å². The Balaban J connectivity index is 2.30. The molecule has 0 heterocycles. The molecule has 0 saturated heterocycles. The molecule has 0 saturated carbocycles.